The SMILES string of the molecule is CN(C)[n+]1cc(NC(=O)CSc2ncnc(N)n2)on1. The van der Waals surface area contributed by atoms with Crippen LogP contribution in [-0.4, -0.2) is 46.0 Å². The largest absolute Gasteiger partial charge is 0.368 e. The molecule has 0 atom stereocenters. The van der Waals surface area contributed by atoms with Gasteiger partial charge in [0, 0.05) is 0 Å². The van der Waals surface area contributed by atoms with Gasteiger partial charge in [0.2, 0.25) is 17.1 Å². The Morgan fingerprint density at radius 1 is 1.55 bits per heavy atom. The first-order valence-corrected chi connectivity index (χ1v) is 6.46. The predicted octanol–water partition coefficient (Wildman–Crippen LogP) is -1.34. The fourth-order valence-corrected chi connectivity index (χ4v) is 1.76. The van der Waals surface area contributed by atoms with Crippen molar-refractivity contribution in [3.63, 3.8) is 0 Å². The fourth-order valence-electron chi connectivity index (χ4n) is 1.15. The van der Waals surface area contributed by atoms with Crippen LogP contribution in [0.25, 0.3) is 0 Å². The van der Waals surface area contributed by atoms with Gasteiger partial charge in [0.05, 0.1) is 24.6 Å². The zero-order chi connectivity index (χ0) is 14.5. The van der Waals surface area contributed by atoms with E-state index in [2.05, 4.69) is 25.5 Å². The Kier molecular flexibility index (Phi) is 4.30. The number of nitrogen functional groups attached to an aromatic ring is 1. The minimum atomic E-state index is -0.268. The number of carbonyl (C=O) groups is 1. The van der Waals surface area contributed by atoms with Crippen molar-refractivity contribution in [3.8, 4) is 0 Å². The molecule has 0 bridgehead atoms. The summed E-state index contributed by atoms with van der Waals surface area (Å²) >= 11 is 1.14. The normalized spacial score (nSPS) is 10.3. The molecule has 10 nitrogen and oxygen atoms in total. The van der Waals surface area contributed by atoms with Crippen molar-refractivity contribution < 1.29 is 14.1 Å². The lowest BCUT2D eigenvalue weighted by molar-refractivity contribution is -0.753. The number of nitrogens with one attached hydrogen (secondary N) is 1. The van der Waals surface area contributed by atoms with E-state index in [9.17, 15) is 4.79 Å². The van der Waals surface area contributed by atoms with Crippen molar-refractivity contribution in [1.82, 2.24) is 20.2 Å². The molecule has 2 aromatic rings. The summed E-state index contributed by atoms with van der Waals surface area (Å²) < 4.78 is 4.94. The van der Waals surface area contributed by atoms with Crippen LogP contribution in [0.4, 0.5) is 11.8 Å². The summed E-state index contributed by atoms with van der Waals surface area (Å²) in [5, 5.41) is 8.32. The second kappa shape index (κ2) is 6.14. The van der Waals surface area contributed by atoms with Gasteiger partial charge in [0.15, 0.2) is 5.16 Å². The van der Waals surface area contributed by atoms with Gasteiger partial charge >= 0.3 is 5.88 Å². The molecule has 0 aromatic carbocycles. The average molecular weight is 297 g/mol. The Labute approximate surface area is 118 Å². The van der Waals surface area contributed by atoms with E-state index in [1.165, 1.54) is 11.1 Å². The average Bonchev–Trinajstić information content (AvgIpc) is 2.85. The number of anilines is 2. The number of aromatic nitrogens is 5. The number of nitrogens with two attached hydrogens (primary N) is 1. The second-order valence-electron chi connectivity index (χ2n) is 3.80. The molecule has 0 spiro atoms. The van der Waals surface area contributed by atoms with E-state index in [1.54, 1.807) is 25.3 Å². The highest BCUT2D eigenvalue weighted by Crippen LogP contribution is 2.12. The lowest BCUT2D eigenvalue weighted by atomic mass is 10.6. The van der Waals surface area contributed by atoms with Crippen LogP contribution < -0.4 is 20.9 Å². The first kappa shape index (κ1) is 14.0. The number of thioether (sulfide) groups is 1. The monoisotopic (exact) mass is 297 g/mol. The maximum Gasteiger partial charge on any atom is 0.305 e. The van der Waals surface area contributed by atoms with Gasteiger partial charge in [0.25, 0.3) is 6.20 Å². The van der Waals surface area contributed by atoms with Crippen LogP contribution in [0.5, 0.6) is 0 Å². The molecule has 0 saturated carbocycles. The van der Waals surface area contributed by atoms with Crippen LogP contribution in [0.15, 0.2) is 22.2 Å². The highest BCUT2D eigenvalue weighted by Gasteiger charge is 2.16. The van der Waals surface area contributed by atoms with Crippen molar-refractivity contribution in [1.29, 1.82) is 0 Å². The number of nitrogens with zero attached hydrogens (tertiary/aromatic N) is 6. The van der Waals surface area contributed by atoms with E-state index >= 15 is 0 Å². The van der Waals surface area contributed by atoms with Gasteiger partial charge in [-0.15, -0.1) is 0 Å². The molecule has 2 heterocycles. The van der Waals surface area contributed by atoms with Crippen molar-refractivity contribution in [2.75, 3.05) is 35.9 Å². The topological polar surface area (TPSA) is 127 Å². The van der Waals surface area contributed by atoms with Gasteiger partial charge in [-0.3, -0.25) is 14.6 Å². The first-order chi connectivity index (χ1) is 9.54. The lowest BCUT2D eigenvalue weighted by Gasteiger charge is -1.99. The van der Waals surface area contributed by atoms with Gasteiger partial charge in [0.1, 0.15) is 6.33 Å². The molecule has 0 radical (unpaired) electrons. The Morgan fingerprint density at radius 2 is 2.35 bits per heavy atom. The molecule has 0 unspecified atom stereocenters. The molecule has 11 heteroatoms. The molecule has 106 valence electrons. The standard InChI is InChI=1S/C9H12N8O2S/c1-16(2)17-3-7(19-15-17)13-6(18)4-20-9-12-5-11-8(10)14-9/h3,5H,4H2,1-2H3,(H2-,10,11,12,13,14,15,18)/p+1. The predicted molar refractivity (Wildman–Crippen MR) is 70.4 cm³/mol. The summed E-state index contributed by atoms with van der Waals surface area (Å²) in [5.74, 6) is 0.215. The summed E-state index contributed by atoms with van der Waals surface area (Å²) in [4.78, 5) is 24.6. The minimum Gasteiger partial charge on any atom is -0.368 e. The zero-order valence-corrected chi connectivity index (χ0v) is 11.7. The molecule has 0 aliphatic rings. The van der Waals surface area contributed by atoms with Crippen molar-refractivity contribution in [2.24, 2.45) is 0 Å². The first-order valence-electron chi connectivity index (χ1n) is 5.48. The van der Waals surface area contributed by atoms with Gasteiger partial charge in [-0.05, 0) is 0 Å². The van der Waals surface area contributed by atoms with Gasteiger partial charge in [-0.25, -0.2) is 9.97 Å². The van der Waals surface area contributed by atoms with Crippen LogP contribution in [0, 0.1) is 0 Å². The highest BCUT2D eigenvalue weighted by atomic mass is 32.2. The molecule has 0 fully saturated rings. The molecule has 2 rings (SSSR count). The summed E-state index contributed by atoms with van der Waals surface area (Å²) in [7, 11) is 3.57. The molecule has 3 N–H and O–H groups in total. The quantitative estimate of drug-likeness (QED) is 0.509. The van der Waals surface area contributed by atoms with Gasteiger partial charge in [-0.1, -0.05) is 11.8 Å². The zero-order valence-electron chi connectivity index (χ0n) is 10.8. The van der Waals surface area contributed by atoms with E-state index < -0.39 is 0 Å². The molecule has 0 aliphatic carbocycles. The van der Waals surface area contributed by atoms with Crippen molar-refractivity contribution in [3.05, 3.63) is 12.5 Å². The van der Waals surface area contributed by atoms with E-state index in [1.807, 2.05) is 0 Å². The van der Waals surface area contributed by atoms with Gasteiger partial charge < -0.3 is 5.73 Å². The Balaban J connectivity index is 1.86. The smallest absolute Gasteiger partial charge is 0.305 e. The highest BCUT2D eigenvalue weighted by molar-refractivity contribution is 7.99. The summed E-state index contributed by atoms with van der Waals surface area (Å²) in [6, 6.07) is 0. The van der Waals surface area contributed by atoms with E-state index in [-0.39, 0.29) is 23.5 Å². The summed E-state index contributed by atoms with van der Waals surface area (Å²) in [6.07, 6.45) is 2.84. The van der Waals surface area contributed by atoms with Crippen LogP contribution in [0.1, 0.15) is 0 Å². The number of hydrogen-bond donors (Lipinski definition) is 2. The lowest BCUT2D eigenvalue weighted by Crippen LogP contribution is -2.53. The van der Waals surface area contributed by atoms with E-state index in [4.69, 9.17) is 10.3 Å². The summed E-state index contributed by atoms with van der Waals surface area (Å²) in [6.45, 7) is 0. The number of carbonyl (C=O) groups excluding carboxylic acids is 1. The Bertz CT molecular complexity index is 601. The molecule has 2 aromatic heterocycles. The number of rotatable bonds is 5. The van der Waals surface area contributed by atoms with E-state index in [0.29, 0.717) is 5.16 Å². The Hall–Kier alpha value is -2.43. The van der Waals surface area contributed by atoms with Crippen molar-refractivity contribution >= 4 is 29.5 Å². The molecule has 1 amide bonds. The maximum atomic E-state index is 11.7. The minimum absolute atomic E-state index is 0.116. The number of hydrogen-bond acceptors (Lipinski definition) is 9. The van der Waals surface area contributed by atoms with Gasteiger partial charge in [-0.2, -0.15) is 9.99 Å². The van der Waals surface area contributed by atoms with Crippen LogP contribution >= 0.6 is 11.8 Å². The third-order valence-electron chi connectivity index (χ3n) is 2.03. The molecular weight excluding hydrogens is 284 g/mol. The summed E-state index contributed by atoms with van der Waals surface area (Å²) in [5.41, 5.74) is 5.41. The fraction of sp³-hybridized carbons (Fsp3) is 0.333. The van der Waals surface area contributed by atoms with E-state index in [0.717, 1.165) is 11.8 Å². The van der Waals surface area contributed by atoms with Crippen LogP contribution in [-0.2, 0) is 4.79 Å². The molecule has 0 saturated heterocycles. The molecular formula is C9H13N8O2S+. The third-order valence-corrected chi connectivity index (χ3v) is 2.89. The maximum absolute atomic E-state index is 11.7. The molecule has 20 heavy (non-hydrogen) atoms. The second-order valence-corrected chi connectivity index (χ2v) is 4.74. The third kappa shape index (κ3) is 3.78. The van der Waals surface area contributed by atoms with Crippen LogP contribution in [0.3, 0.4) is 0 Å². The number of amides is 1. The molecule has 0 aliphatic heterocycles. The Morgan fingerprint density at radius 3 is 3.00 bits per heavy atom. The van der Waals surface area contributed by atoms with Crippen LogP contribution in [0.2, 0.25) is 0 Å². The van der Waals surface area contributed by atoms with Crippen molar-refractivity contribution in [2.45, 2.75) is 5.16 Å².